The number of aromatic nitrogens is 2. The second-order valence-corrected chi connectivity index (χ2v) is 7.64. The van der Waals surface area contributed by atoms with E-state index in [1.807, 2.05) is 18.2 Å². The highest BCUT2D eigenvalue weighted by Crippen LogP contribution is 2.20. The van der Waals surface area contributed by atoms with Gasteiger partial charge in [-0.3, -0.25) is 14.2 Å². The molecule has 6 nitrogen and oxygen atoms in total. The van der Waals surface area contributed by atoms with Gasteiger partial charge in [0.05, 0.1) is 29.9 Å². The Bertz CT molecular complexity index is 821. The third-order valence-electron chi connectivity index (χ3n) is 4.45. The number of nitrogens with zero attached hydrogens (tertiary/aromatic N) is 2. The first-order valence-electron chi connectivity index (χ1n) is 8.63. The lowest BCUT2D eigenvalue weighted by molar-refractivity contribution is -0.121. The summed E-state index contributed by atoms with van der Waals surface area (Å²) in [6, 6.07) is 5.40. The van der Waals surface area contributed by atoms with Gasteiger partial charge in [0, 0.05) is 17.4 Å². The number of aliphatic hydroxyl groups is 1. The summed E-state index contributed by atoms with van der Waals surface area (Å²) in [6.07, 6.45) is 2.77. The molecular formula is C18H23N3O3S. The molecule has 1 fully saturated rings. The molecule has 2 atom stereocenters. The predicted octanol–water partition coefficient (Wildman–Crippen LogP) is 1.58. The van der Waals surface area contributed by atoms with E-state index in [2.05, 4.69) is 17.2 Å². The number of fused-ring (bicyclic) bond motifs is 1. The third kappa shape index (κ3) is 4.29. The van der Waals surface area contributed by atoms with E-state index in [9.17, 15) is 14.7 Å². The molecule has 2 N–H and O–H groups in total. The van der Waals surface area contributed by atoms with E-state index in [0.29, 0.717) is 17.3 Å². The van der Waals surface area contributed by atoms with Gasteiger partial charge in [-0.1, -0.05) is 6.92 Å². The Labute approximate surface area is 150 Å². The van der Waals surface area contributed by atoms with Crippen LogP contribution in [0.3, 0.4) is 0 Å². The first-order valence-corrected chi connectivity index (χ1v) is 9.62. The van der Waals surface area contributed by atoms with Crippen molar-refractivity contribution in [3.63, 3.8) is 0 Å². The van der Waals surface area contributed by atoms with Gasteiger partial charge < -0.3 is 10.4 Å². The molecule has 2 unspecified atom stereocenters. The summed E-state index contributed by atoms with van der Waals surface area (Å²) in [5.74, 6) is 0.843. The van der Waals surface area contributed by atoms with Crippen molar-refractivity contribution in [1.82, 2.24) is 14.9 Å². The molecule has 1 aromatic carbocycles. The number of carbonyl (C=O) groups is 1. The molecule has 2 aromatic rings. The Hall–Kier alpha value is -1.70. The zero-order chi connectivity index (χ0) is 17.8. The molecule has 1 saturated heterocycles. The van der Waals surface area contributed by atoms with Gasteiger partial charge in [0.1, 0.15) is 0 Å². The molecule has 1 aromatic heterocycles. The lowest BCUT2D eigenvalue weighted by atomic mass is 9.97. The molecule has 0 amide bonds. The fourth-order valence-electron chi connectivity index (χ4n) is 3.15. The van der Waals surface area contributed by atoms with Gasteiger partial charge in [-0.15, -0.1) is 11.8 Å². The van der Waals surface area contributed by atoms with E-state index in [4.69, 9.17) is 0 Å². The first kappa shape index (κ1) is 18.1. The van der Waals surface area contributed by atoms with E-state index >= 15 is 0 Å². The summed E-state index contributed by atoms with van der Waals surface area (Å²) in [6.45, 7) is 2.85. The summed E-state index contributed by atoms with van der Waals surface area (Å²) < 4.78 is 1.36. The van der Waals surface area contributed by atoms with Crippen molar-refractivity contribution in [2.24, 2.45) is 0 Å². The van der Waals surface area contributed by atoms with Gasteiger partial charge in [0.2, 0.25) is 0 Å². The number of aliphatic hydroxyl groups excluding tert-OH is 1. The van der Waals surface area contributed by atoms with Crippen LogP contribution in [0.4, 0.5) is 0 Å². The molecule has 3 rings (SSSR count). The summed E-state index contributed by atoms with van der Waals surface area (Å²) in [7, 11) is 0. The van der Waals surface area contributed by atoms with Crippen molar-refractivity contribution in [2.75, 3.05) is 12.3 Å². The van der Waals surface area contributed by atoms with E-state index < -0.39 is 6.10 Å². The van der Waals surface area contributed by atoms with Crippen LogP contribution in [-0.4, -0.2) is 44.9 Å². The van der Waals surface area contributed by atoms with E-state index in [-0.39, 0.29) is 30.3 Å². The summed E-state index contributed by atoms with van der Waals surface area (Å²) in [4.78, 5) is 30.3. The van der Waals surface area contributed by atoms with Crippen LogP contribution in [0, 0.1) is 0 Å². The van der Waals surface area contributed by atoms with Crippen molar-refractivity contribution in [2.45, 2.75) is 49.8 Å². The normalized spacial score (nSPS) is 20.7. The molecule has 2 heterocycles. The lowest BCUT2D eigenvalue weighted by Crippen LogP contribution is -2.46. The minimum absolute atomic E-state index is 0.0161. The van der Waals surface area contributed by atoms with Crippen molar-refractivity contribution >= 4 is 28.4 Å². The molecule has 1 aliphatic rings. The lowest BCUT2D eigenvalue weighted by Gasteiger charge is -2.28. The topological polar surface area (TPSA) is 84.2 Å². The number of hydrogen-bond donors (Lipinski definition) is 2. The highest BCUT2D eigenvalue weighted by atomic mass is 32.2. The molecule has 0 aliphatic carbocycles. The van der Waals surface area contributed by atoms with Gasteiger partial charge in [-0.25, -0.2) is 4.98 Å². The van der Waals surface area contributed by atoms with Gasteiger partial charge >= 0.3 is 0 Å². The number of hydrogen-bond acceptors (Lipinski definition) is 6. The number of piperidine rings is 1. The molecule has 1 aliphatic heterocycles. The standard InChI is InChI=1S/C18H23N3O3S/c1-2-25-13-5-6-15-14(9-13)18(24)21(11-20-15)10-12(22)8-16-17(23)4-3-7-19-16/h5-6,9,11,16-17,19,23H,2-4,7-8,10H2,1H3. The quantitative estimate of drug-likeness (QED) is 0.760. The number of Topliss-reactive ketones (excluding diaryl/α,β-unsaturated/α-hetero) is 1. The molecule has 25 heavy (non-hydrogen) atoms. The van der Waals surface area contributed by atoms with Crippen LogP contribution in [-0.2, 0) is 11.3 Å². The van der Waals surface area contributed by atoms with Crippen molar-refractivity contribution in [3.8, 4) is 0 Å². The summed E-state index contributed by atoms with van der Waals surface area (Å²) in [5, 5.41) is 13.7. The number of rotatable bonds is 6. The number of ketones is 1. The molecule has 134 valence electrons. The van der Waals surface area contributed by atoms with Crippen LogP contribution in [0.5, 0.6) is 0 Å². The maximum Gasteiger partial charge on any atom is 0.261 e. The summed E-state index contributed by atoms with van der Waals surface area (Å²) in [5.41, 5.74) is 0.438. The third-order valence-corrected chi connectivity index (χ3v) is 5.32. The number of thioether (sulfide) groups is 1. The van der Waals surface area contributed by atoms with E-state index in [1.54, 1.807) is 11.8 Å². The van der Waals surface area contributed by atoms with E-state index in [0.717, 1.165) is 23.6 Å². The highest BCUT2D eigenvalue weighted by Gasteiger charge is 2.25. The molecular weight excluding hydrogens is 338 g/mol. The van der Waals surface area contributed by atoms with Gasteiger partial charge in [0.15, 0.2) is 5.78 Å². The van der Waals surface area contributed by atoms with Crippen LogP contribution in [0.1, 0.15) is 26.2 Å². The van der Waals surface area contributed by atoms with E-state index in [1.165, 1.54) is 10.9 Å². The fraction of sp³-hybridized carbons (Fsp3) is 0.500. The van der Waals surface area contributed by atoms with Crippen LogP contribution in [0.25, 0.3) is 10.9 Å². The summed E-state index contributed by atoms with van der Waals surface area (Å²) >= 11 is 1.66. The van der Waals surface area contributed by atoms with Crippen LogP contribution >= 0.6 is 11.8 Å². The Morgan fingerprint density at radius 1 is 1.48 bits per heavy atom. The Morgan fingerprint density at radius 2 is 2.32 bits per heavy atom. The van der Waals surface area contributed by atoms with Gasteiger partial charge in [0.25, 0.3) is 5.56 Å². The zero-order valence-electron chi connectivity index (χ0n) is 14.3. The zero-order valence-corrected chi connectivity index (χ0v) is 15.1. The minimum Gasteiger partial charge on any atom is -0.391 e. The van der Waals surface area contributed by atoms with Gasteiger partial charge in [-0.05, 0) is 43.3 Å². The molecule has 0 spiro atoms. The van der Waals surface area contributed by atoms with Crippen molar-refractivity contribution in [1.29, 1.82) is 0 Å². The minimum atomic E-state index is -0.502. The van der Waals surface area contributed by atoms with Crippen LogP contribution in [0.15, 0.2) is 34.2 Å². The fourth-order valence-corrected chi connectivity index (χ4v) is 3.85. The monoisotopic (exact) mass is 361 g/mol. The second-order valence-electron chi connectivity index (χ2n) is 6.30. The predicted molar refractivity (Wildman–Crippen MR) is 99.1 cm³/mol. The average Bonchev–Trinajstić information content (AvgIpc) is 2.60. The van der Waals surface area contributed by atoms with Crippen molar-refractivity contribution < 1.29 is 9.90 Å². The average molecular weight is 361 g/mol. The SMILES string of the molecule is CCSc1ccc2ncn(CC(=O)CC3NCCCC3O)c(=O)c2c1. The number of carbonyl (C=O) groups excluding carboxylic acids is 1. The largest absolute Gasteiger partial charge is 0.391 e. The highest BCUT2D eigenvalue weighted by molar-refractivity contribution is 7.99. The Kier molecular flexibility index (Phi) is 5.88. The van der Waals surface area contributed by atoms with Crippen molar-refractivity contribution in [3.05, 3.63) is 34.9 Å². The second kappa shape index (κ2) is 8.12. The van der Waals surface area contributed by atoms with Crippen LogP contribution < -0.4 is 10.9 Å². The van der Waals surface area contributed by atoms with Crippen LogP contribution in [0.2, 0.25) is 0 Å². The maximum absolute atomic E-state index is 12.7. The van der Waals surface area contributed by atoms with Gasteiger partial charge in [-0.2, -0.15) is 0 Å². The molecule has 0 radical (unpaired) electrons. The molecule has 0 saturated carbocycles. The number of benzene rings is 1. The maximum atomic E-state index is 12.7. The molecule has 7 heteroatoms. The first-order chi connectivity index (χ1) is 12.1. The smallest absolute Gasteiger partial charge is 0.261 e. The number of nitrogens with one attached hydrogen (secondary N) is 1. The Morgan fingerprint density at radius 3 is 3.08 bits per heavy atom. The Balaban J connectivity index is 1.77. The molecule has 0 bridgehead atoms.